The molecular formula is C8H9IN4O3S. The van der Waals surface area contributed by atoms with E-state index < -0.39 is 15.3 Å². The van der Waals surface area contributed by atoms with Crippen molar-refractivity contribution in [3.63, 3.8) is 0 Å². The highest BCUT2D eigenvalue weighted by molar-refractivity contribution is 14.1. The number of sulfonamides is 1. The van der Waals surface area contributed by atoms with E-state index in [0.717, 1.165) is 0 Å². The van der Waals surface area contributed by atoms with Crippen molar-refractivity contribution in [3.8, 4) is 0 Å². The van der Waals surface area contributed by atoms with Gasteiger partial charge in [0, 0.05) is 13.0 Å². The average Bonchev–Trinajstić information content (AvgIpc) is 2.61. The number of rotatable bonds is 2. The maximum Gasteiger partial charge on any atom is 0.229 e. The third kappa shape index (κ3) is 2.72. The first-order valence-electron chi connectivity index (χ1n) is 4.67. The Morgan fingerprint density at radius 3 is 2.59 bits per heavy atom. The number of hydrogen-bond donors (Lipinski definition) is 1. The van der Waals surface area contributed by atoms with Gasteiger partial charge in [-0.05, 0) is 22.6 Å². The SMILES string of the molecule is NS(=O)(=O)C1CC(=O)N(c2cnc(I)cn2)C1. The second-order valence-electron chi connectivity index (χ2n) is 3.62. The van der Waals surface area contributed by atoms with Gasteiger partial charge in [-0.15, -0.1) is 0 Å². The summed E-state index contributed by atoms with van der Waals surface area (Å²) in [6.45, 7) is 0.0347. The van der Waals surface area contributed by atoms with Crippen LogP contribution in [0.15, 0.2) is 12.4 Å². The van der Waals surface area contributed by atoms with Crippen molar-refractivity contribution in [2.24, 2.45) is 5.14 Å². The molecule has 2 heterocycles. The molecule has 1 saturated heterocycles. The minimum absolute atomic E-state index is 0.0347. The second kappa shape index (κ2) is 4.46. The van der Waals surface area contributed by atoms with Crippen LogP contribution in [-0.2, 0) is 14.8 Å². The Morgan fingerprint density at radius 2 is 2.12 bits per heavy atom. The predicted molar refractivity (Wildman–Crippen MR) is 68.6 cm³/mol. The van der Waals surface area contributed by atoms with Crippen molar-refractivity contribution in [2.45, 2.75) is 11.7 Å². The quantitative estimate of drug-likeness (QED) is 0.707. The minimum atomic E-state index is -3.70. The molecule has 0 aliphatic carbocycles. The Morgan fingerprint density at radius 1 is 1.41 bits per heavy atom. The molecule has 1 aromatic heterocycles. The average molecular weight is 368 g/mol. The zero-order valence-corrected chi connectivity index (χ0v) is 11.6. The van der Waals surface area contributed by atoms with Gasteiger partial charge in [0.05, 0.1) is 12.4 Å². The highest BCUT2D eigenvalue weighted by Gasteiger charge is 2.37. The van der Waals surface area contributed by atoms with E-state index in [9.17, 15) is 13.2 Å². The summed E-state index contributed by atoms with van der Waals surface area (Å²) in [7, 11) is -3.70. The van der Waals surface area contributed by atoms with Crippen LogP contribution >= 0.6 is 22.6 Å². The molecular weight excluding hydrogens is 359 g/mol. The van der Waals surface area contributed by atoms with Gasteiger partial charge in [0.2, 0.25) is 15.9 Å². The Balaban J connectivity index is 2.24. The molecule has 0 saturated carbocycles. The zero-order chi connectivity index (χ0) is 12.6. The molecule has 7 nitrogen and oxygen atoms in total. The summed E-state index contributed by atoms with van der Waals surface area (Å²) in [5, 5.41) is 4.16. The number of primary sulfonamides is 1. The van der Waals surface area contributed by atoms with Crippen LogP contribution < -0.4 is 10.0 Å². The highest BCUT2D eigenvalue weighted by Crippen LogP contribution is 2.21. The Hall–Kier alpha value is -0.810. The van der Waals surface area contributed by atoms with Gasteiger partial charge >= 0.3 is 0 Å². The molecule has 92 valence electrons. The topological polar surface area (TPSA) is 106 Å². The molecule has 1 aliphatic rings. The lowest BCUT2D eigenvalue weighted by atomic mass is 10.4. The molecule has 1 aliphatic heterocycles. The van der Waals surface area contributed by atoms with Crippen LogP contribution in [0.3, 0.4) is 0 Å². The molecule has 0 radical (unpaired) electrons. The van der Waals surface area contributed by atoms with Gasteiger partial charge < -0.3 is 0 Å². The Bertz CT molecular complexity index is 544. The lowest BCUT2D eigenvalue weighted by Gasteiger charge is -2.14. The Labute approximate surface area is 112 Å². The van der Waals surface area contributed by atoms with Crippen LogP contribution in [0.25, 0.3) is 0 Å². The number of amides is 1. The number of carbonyl (C=O) groups excluding carboxylic acids is 1. The van der Waals surface area contributed by atoms with E-state index in [4.69, 9.17) is 5.14 Å². The molecule has 1 fully saturated rings. The van der Waals surface area contributed by atoms with E-state index in [1.807, 2.05) is 22.6 Å². The van der Waals surface area contributed by atoms with E-state index >= 15 is 0 Å². The lowest BCUT2D eigenvalue weighted by molar-refractivity contribution is -0.117. The van der Waals surface area contributed by atoms with Crippen molar-refractivity contribution in [3.05, 3.63) is 16.1 Å². The molecule has 2 N–H and O–H groups in total. The molecule has 0 bridgehead atoms. The lowest BCUT2D eigenvalue weighted by Crippen LogP contribution is -2.32. The Kier molecular flexibility index (Phi) is 3.32. The second-order valence-corrected chi connectivity index (χ2v) is 6.57. The predicted octanol–water partition coefficient (Wildman–Crippen LogP) is -0.525. The number of nitrogens with zero attached hydrogens (tertiary/aromatic N) is 3. The maximum atomic E-state index is 11.7. The van der Waals surface area contributed by atoms with E-state index in [1.165, 1.54) is 17.3 Å². The van der Waals surface area contributed by atoms with Crippen molar-refractivity contribution in [2.75, 3.05) is 11.4 Å². The summed E-state index contributed by atoms with van der Waals surface area (Å²) >= 11 is 1.99. The molecule has 1 atom stereocenters. The monoisotopic (exact) mass is 368 g/mol. The van der Waals surface area contributed by atoms with Gasteiger partial charge in [-0.1, -0.05) is 0 Å². The number of anilines is 1. The third-order valence-corrected chi connectivity index (χ3v) is 4.24. The summed E-state index contributed by atoms with van der Waals surface area (Å²) in [6, 6.07) is 0. The first-order valence-corrected chi connectivity index (χ1v) is 7.36. The fourth-order valence-corrected chi connectivity index (χ4v) is 2.57. The first kappa shape index (κ1) is 12.6. The van der Waals surface area contributed by atoms with Crippen LogP contribution in [0, 0.1) is 3.70 Å². The summed E-state index contributed by atoms with van der Waals surface area (Å²) < 4.78 is 23.0. The van der Waals surface area contributed by atoms with Gasteiger partial charge in [0.25, 0.3) is 0 Å². The van der Waals surface area contributed by atoms with Crippen LogP contribution in [0.2, 0.25) is 0 Å². The smallest absolute Gasteiger partial charge is 0.229 e. The summed E-state index contributed by atoms with van der Waals surface area (Å²) in [4.78, 5) is 21.0. The fourth-order valence-electron chi connectivity index (χ4n) is 1.56. The molecule has 0 spiro atoms. The van der Waals surface area contributed by atoms with Crippen molar-refractivity contribution in [1.82, 2.24) is 9.97 Å². The third-order valence-electron chi connectivity index (χ3n) is 2.44. The zero-order valence-electron chi connectivity index (χ0n) is 8.58. The minimum Gasteiger partial charge on any atom is -0.294 e. The van der Waals surface area contributed by atoms with E-state index in [-0.39, 0.29) is 18.9 Å². The summed E-state index contributed by atoms with van der Waals surface area (Å²) in [5.74, 6) is 0.0427. The molecule has 1 unspecified atom stereocenters. The molecule has 2 rings (SSSR count). The molecule has 0 aromatic carbocycles. The van der Waals surface area contributed by atoms with Crippen LogP contribution in [0.1, 0.15) is 6.42 Å². The van der Waals surface area contributed by atoms with Crippen LogP contribution in [0.4, 0.5) is 5.82 Å². The van der Waals surface area contributed by atoms with Gasteiger partial charge in [-0.25, -0.2) is 23.5 Å². The molecule has 17 heavy (non-hydrogen) atoms. The molecule has 9 heteroatoms. The number of hydrogen-bond acceptors (Lipinski definition) is 5. The van der Waals surface area contributed by atoms with Crippen molar-refractivity contribution >= 4 is 44.3 Å². The molecule has 1 amide bonds. The number of nitrogens with two attached hydrogens (primary N) is 1. The standard InChI is InChI=1S/C8H9IN4O3S/c9-6-2-12-7(3-11-6)13-4-5(1-8(13)14)17(10,15)16/h2-3,5H,1,4H2,(H2,10,15,16). The van der Waals surface area contributed by atoms with E-state index in [0.29, 0.717) is 9.52 Å². The normalized spacial score (nSPS) is 20.9. The number of halogens is 1. The van der Waals surface area contributed by atoms with Gasteiger partial charge in [0.15, 0.2) is 5.82 Å². The highest BCUT2D eigenvalue weighted by atomic mass is 127. The summed E-state index contributed by atoms with van der Waals surface area (Å²) in [6.07, 6.45) is 2.84. The van der Waals surface area contributed by atoms with Crippen molar-refractivity contribution in [1.29, 1.82) is 0 Å². The maximum absolute atomic E-state index is 11.7. The van der Waals surface area contributed by atoms with E-state index in [2.05, 4.69) is 9.97 Å². The van der Waals surface area contributed by atoms with E-state index in [1.54, 1.807) is 0 Å². The molecule has 1 aromatic rings. The number of aromatic nitrogens is 2. The van der Waals surface area contributed by atoms with Gasteiger partial charge in [0.1, 0.15) is 8.95 Å². The number of carbonyl (C=O) groups is 1. The van der Waals surface area contributed by atoms with Crippen LogP contribution in [-0.4, -0.2) is 36.1 Å². The summed E-state index contributed by atoms with van der Waals surface area (Å²) in [5.41, 5.74) is 0. The van der Waals surface area contributed by atoms with Gasteiger partial charge in [-0.3, -0.25) is 9.69 Å². The van der Waals surface area contributed by atoms with Gasteiger partial charge in [-0.2, -0.15) is 0 Å². The first-order chi connectivity index (χ1) is 7.88. The fraction of sp³-hybridized carbons (Fsp3) is 0.375. The largest absolute Gasteiger partial charge is 0.294 e. The van der Waals surface area contributed by atoms with Crippen molar-refractivity contribution < 1.29 is 13.2 Å². The van der Waals surface area contributed by atoms with Crippen LogP contribution in [0.5, 0.6) is 0 Å².